The van der Waals surface area contributed by atoms with Gasteiger partial charge in [-0.25, -0.2) is 4.68 Å². The zero-order chi connectivity index (χ0) is 21.6. The first-order chi connectivity index (χ1) is 14.9. The second-order valence-electron chi connectivity index (χ2n) is 7.23. The number of ether oxygens (including phenoxy) is 2. The second kappa shape index (κ2) is 7.25. The summed E-state index contributed by atoms with van der Waals surface area (Å²) in [5.74, 6) is 0.997. The molecule has 0 aliphatic carbocycles. The van der Waals surface area contributed by atoms with E-state index < -0.39 is 24.2 Å². The number of rotatable bonds is 4. The van der Waals surface area contributed by atoms with Gasteiger partial charge in [0.1, 0.15) is 17.1 Å². The standard InChI is InChI=1S/C20H17F3N4O4/c21-20(22,23)17-7-13(14-2-1-5-29-14)26-18-12(9-25-27(17)18)19(28)24-8-11-3-4-15-16(6-11)31-10-30-15/h1-6,9,13,17,26H,7-8,10H2,(H,24,28)/t13-,17-/m1/s1. The highest BCUT2D eigenvalue weighted by atomic mass is 19.4. The Morgan fingerprint density at radius 3 is 2.87 bits per heavy atom. The van der Waals surface area contributed by atoms with Gasteiger partial charge in [-0.3, -0.25) is 4.79 Å². The molecule has 8 nitrogen and oxygen atoms in total. The Bertz CT molecular complexity index is 1110. The van der Waals surface area contributed by atoms with Crippen molar-refractivity contribution in [2.24, 2.45) is 0 Å². The van der Waals surface area contributed by atoms with Crippen LogP contribution in [0, 0.1) is 0 Å². The largest absolute Gasteiger partial charge is 0.467 e. The van der Waals surface area contributed by atoms with Gasteiger partial charge in [-0.1, -0.05) is 6.07 Å². The third-order valence-corrected chi connectivity index (χ3v) is 5.26. The summed E-state index contributed by atoms with van der Waals surface area (Å²) < 4.78 is 57.7. The maximum Gasteiger partial charge on any atom is 0.410 e. The number of aromatic nitrogens is 2. The molecule has 2 aliphatic rings. The molecule has 1 aromatic carbocycles. The summed E-state index contributed by atoms with van der Waals surface area (Å²) in [5, 5.41) is 9.53. The summed E-state index contributed by atoms with van der Waals surface area (Å²) >= 11 is 0. The van der Waals surface area contributed by atoms with Gasteiger partial charge in [-0.15, -0.1) is 0 Å². The lowest BCUT2D eigenvalue weighted by molar-refractivity contribution is -0.174. The van der Waals surface area contributed by atoms with E-state index in [1.165, 1.54) is 6.26 Å². The van der Waals surface area contributed by atoms with Gasteiger partial charge in [0.15, 0.2) is 17.5 Å². The number of benzene rings is 1. The van der Waals surface area contributed by atoms with Gasteiger partial charge in [0.25, 0.3) is 5.91 Å². The minimum atomic E-state index is -4.53. The number of hydrogen-bond acceptors (Lipinski definition) is 6. The minimum absolute atomic E-state index is 0.00170. The second-order valence-corrected chi connectivity index (χ2v) is 7.23. The summed E-state index contributed by atoms with van der Waals surface area (Å²) in [6, 6.07) is 5.81. The molecule has 0 saturated carbocycles. The number of nitrogens with zero attached hydrogens (tertiary/aromatic N) is 2. The van der Waals surface area contributed by atoms with Crippen LogP contribution >= 0.6 is 0 Å². The van der Waals surface area contributed by atoms with Gasteiger partial charge in [0.2, 0.25) is 6.79 Å². The maximum absolute atomic E-state index is 13.7. The monoisotopic (exact) mass is 434 g/mol. The molecular formula is C20H17F3N4O4. The van der Waals surface area contributed by atoms with Crippen LogP contribution in [0.5, 0.6) is 11.5 Å². The molecule has 11 heteroatoms. The average Bonchev–Trinajstić information content (AvgIpc) is 3.50. The van der Waals surface area contributed by atoms with Gasteiger partial charge < -0.3 is 24.5 Å². The fraction of sp³-hybridized carbons (Fsp3) is 0.300. The summed E-state index contributed by atoms with van der Waals surface area (Å²) in [5.41, 5.74) is 0.777. The lowest BCUT2D eigenvalue weighted by Crippen LogP contribution is -2.36. The molecule has 2 aromatic heterocycles. The third kappa shape index (κ3) is 3.56. The molecule has 5 rings (SSSR count). The van der Waals surface area contributed by atoms with E-state index in [0.29, 0.717) is 17.3 Å². The number of halogens is 3. The Kier molecular flexibility index (Phi) is 4.53. The molecule has 2 N–H and O–H groups in total. The van der Waals surface area contributed by atoms with E-state index in [0.717, 1.165) is 16.4 Å². The third-order valence-electron chi connectivity index (χ3n) is 5.26. The van der Waals surface area contributed by atoms with Crippen LogP contribution in [0.2, 0.25) is 0 Å². The van der Waals surface area contributed by atoms with Crippen LogP contribution in [0.1, 0.15) is 40.2 Å². The van der Waals surface area contributed by atoms with Crippen molar-refractivity contribution in [3.8, 4) is 11.5 Å². The predicted octanol–water partition coefficient (Wildman–Crippen LogP) is 3.80. The van der Waals surface area contributed by atoms with E-state index >= 15 is 0 Å². The zero-order valence-electron chi connectivity index (χ0n) is 16.0. The first kappa shape index (κ1) is 19.3. The summed E-state index contributed by atoms with van der Waals surface area (Å²) in [4.78, 5) is 12.8. The molecule has 1 amide bonds. The number of hydrogen-bond donors (Lipinski definition) is 2. The summed E-state index contributed by atoms with van der Waals surface area (Å²) in [7, 11) is 0. The Morgan fingerprint density at radius 1 is 1.26 bits per heavy atom. The normalized spacial score (nSPS) is 19.6. The Hall–Kier alpha value is -3.63. The lowest BCUT2D eigenvalue weighted by atomic mass is 10.0. The van der Waals surface area contributed by atoms with Gasteiger partial charge in [-0.2, -0.15) is 18.3 Å². The van der Waals surface area contributed by atoms with E-state index in [1.807, 2.05) is 0 Å². The first-order valence-electron chi connectivity index (χ1n) is 9.51. The average molecular weight is 434 g/mol. The van der Waals surface area contributed by atoms with E-state index in [2.05, 4.69) is 15.7 Å². The molecule has 0 unspecified atom stereocenters. The van der Waals surface area contributed by atoms with Crippen molar-refractivity contribution in [1.29, 1.82) is 0 Å². The fourth-order valence-corrected chi connectivity index (χ4v) is 3.73. The minimum Gasteiger partial charge on any atom is -0.467 e. The van der Waals surface area contributed by atoms with Gasteiger partial charge in [0.05, 0.1) is 18.5 Å². The zero-order valence-corrected chi connectivity index (χ0v) is 16.0. The number of furan rings is 1. The quantitative estimate of drug-likeness (QED) is 0.649. The van der Waals surface area contributed by atoms with E-state index in [4.69, 9.17) is 13.9 Å². The molecule has 0 spiro atoms. The number of anilines is 1. The number of alkyl halides is 3. The van der Waals surface area contributed by atoms with Crippen molar-refractivity contribution in [3.05, 3.63) is 59.7 Å². The van der Waals surface area contributed by atoms with Crippen molar-refractivity contribution in [2.75, 3.05) is 12.1 Å². The highest BCUT2D eigenvalue weighted by molar-refractivity contribution is 5.98. The molecule has 4 heterocycles. The van der Waals surface area contributed by atoms with Gasteiger partial charge in [-0.05, 0) is 29.8 Å². The number of carbonyl (C=O) groups excluding carboxylic acids is 1. The van der Waals surface area contributed by atoms with Crippen molar-refractivity contribution in [1.82, 2.24) is 15.1 Å². The van der Waals surface area contributed by atoms with E-state index in [9.17, 15) is 18.0 Å². The van der Waals surface area contributed by atoms with Crippen LogP contribution in [0.3, 0.4) is 0 Å². The molecule has 31 heavy (non-hydrogen) atoms. The molecule has 0 saturated heterocycles. The maximum atomic E-state index is 13.7. The van der Waals surface area contributed by atoms with Gasteiger partial charge >= 0.3 is 6.18 Å². The van der Waals surface area contributed by atoms with Crippen LogP contribution in [0.15, 0.2) is 47.2 Å². The number of carbonyl (C=O) groups is 1. The van der Waals surface area contributed by atoms with E-state index in [1.54, 1.807) is 30.3 Å². The Morgan fingerprint density at radius 2 is 2.10 bits per heavy atom. The van der Waals surface area contributed by atoms with Crippen LogP contribution in [0.25, 0.3) is 0 Å². The number of fused-ring (bicyclic) bond motifs is 2. The van der Waals surface area contributed by atoms with Crippen LogP contribution in [-0.4, -0.2) is 28.7 Å². The topological polar surface area (TPSA) is 90.5 Å². The fourth-order valence-electron chi connectivity index (χ4n) is 3.73. The van der Waals surface area contributed by atoms with Crippen LogP contribution < -0.4 is 20.1 Å². The molecule has 162 valence electrons. The molecule has 0 bridgehead atoms. The SMILES string of the molecule is O=C(NCc1ccc2c(c1)OCO2)c1cnn2c1N[C@@H](c1ccco1)C[C@@H]2C(F)(F)F. The molecule has 0 radical (unpaired) electrons. The Balaban J connectivity index is 1.38. The Labute approximate surface area is 173 Å². The van der Waals surface area contributed by atoms with Crippen molar-refractivity contribution in [2.45, 2.75) is 31.2 Å². The highest BCUT2D eigenvalue weighted by Gasteiger charge is 2.47. The molecule has 3 aromatic rings. The number of nitrogens with one attached hydrogen (secondary N) is 2. The van der Waals surface area contributed by atoms with E-state index in [-0.39, 0.29) is 31.1 Å². The van der Waals surface area contributed by atoms with Crippen molar-refractivity contribution in [3.63, 3.8) is 0 Å². The smallest absolute Gasteiger partial charge is 0.410 e. The number of amides is 1. The highest BCUT2D eigenvalue weighted by Crippen LogP contribution is 2.44. The molecular weight excluding hydrogens is 417 g/mol. The van der Waals surface area contributed by atoms with Gasteiger partial charge in [0, 0.05) is 13.0 Å². The molecule has 2 aliphatic heterocycles. The molecule has 0 fully saturated rings. The van der Waals surface area contributed by atoms with Crippen molar-refractivity contribution < 1.29 is 31.9 Å². The van der Waals surface area contributed by atoms with Crippen molar-refractivity contribution >= 4 is 11.7 Å². The molecule has 2 atom stereocenters. The van der Waals surface area contributed by atoms with Crippen LogP contribution in [0.4, 0.5) is 19.0 Å². The first-order valence-corrected chi connectivity index (χ1v) is 9.51. The lowest BCUT2D eigenvalue weighted by Gasteiger charge is -2.32. The summed E-state index contributed by atoms with van der Waals surface area (Å²) in [6.07, 6.45) is -2.30. The predicted molar refractivity (Wildman–Crippen MR) is 101 cm³/mol. The van der Waals surface area contributed by atoms with Crippen LogP contribution in [-0.2, 0) is 6.54 Å². The summed E-state index contributed by atoms with van der Waals surface area (Å²) in [6.45, 7) is 0.293.